The molecule has 3 nitrogen and oxygen atoms in total. The fourth-order valence-corrected chi connectivity index (χ4v) is 2.07. The summed E-state index contributed by atoms with van der Waals surface area (Å²) in [6.07, 6.45) is 1.83. The van der Waals surface area contributed by atoms with Crippen LogP contribution in [0, 0.1) is 0 Å². The summed E-state index contributed by atoms with van der Waals surface area (Å²) >= 11 is 6.10. The van der Waals surface area contributed by atoms with Crippen LogP contribution >= 0.6 is 11.6 Å². The lowest BCUT2D eigenvalue weighted by Gasteiger charge is -2.03. The smallest absolute Gasteiger partial charge is 0.272 e. The first-order chi connectivity index (χ1) is 7.27. The van der Waals surface area contributed by atoms with E-state index in [1.807, 2.05) is 30.5 Å². The van der Waals surface area contributed by atoms with Gasteiger partial charge in [-0.15, -0.1) is 0 Å². The van der Waals surface area contributed by atoms with Crippen molar-refractivity contribution >= 4 is 28.2 Å². The van der Waals surface area contributed by atoms with E-state index in [0.717, 1.165) is 11.0 Å². The molecule has 1 N–H and O–H groups in total. The molecule has 0 atom stereocenters. The first-order valence-corrected chi connectivity index (χ1v) is 4.93. The molecule has 0 radical (unpaired) electrons. The number of aromatic amines is 1. The average Bonchev–Trinajstić information content (AvgIpc) is 2.66. The molecule has 0 spiro atoms. The molecule has 2 heterocycles. The monoisotopic (exact) mass is 218 g/mol. The zero-order valence-corrected chi connectivity index (χ0v) is 8.45. The molecule has 0 saturated heterocycles. The Morgan fingerprint density at radius 3 is 2.93 bits per heavy atom. The number of aromatic nitrogens is 2. The zero-order valence-electron chi connectivity index (χ0n) is 7.70. The molecular weight excluding hydrogens is 212 g/mol. The van der Waals surface area contributed by atoms with Crippen molar-refractivity contribution in [1.82, 2.24) is 9.38 Å². The number of nitrogens with zero attached hydrogens (tertiary/aromatic N) is 1. The minimum atomic E-state index is -0.102. The molecule has 0 amide bonds. The van der Waals surface area contributed by atoms with Crippen molar-refractivity contribution in [1.29, 1.82) is 0 Å². The van der Waals surface area contributed by atoms with Gasteiger partial charge < -0.3 is 9.38 Å². The SMILES string of the molecule is O=c1[nH]c2cccc(Cl)c2n2cccc12. The molecule has 0 aliphatic carbocycles. The number of hydrogen-bond acceptors (Lipinski definition) is 1. The summed E-state index contributed by atoms with van der Waals surface area (Å²) in [7, 11) is 0. The molecule has 3 rings (SSSR count). The maximum Gasteiger partial charge on any atom is 0.272 e. The summed E-state index contributed by atoms with van der Waals surface area (Å²) in [5.41, 5.74) is 2.08. The van der Waals surface area contributed by atoms with Gasteiger partial charge in [0.25, 0.3) is 5.56 Å². The maximum atomic E-state index is 11.6. The number of fused-ring (bicyclic) bond motifs is 3. The van der Waals surface area contributed by atoms with E-state index in [1.165, 1.54) is 0 Å². The molecule has 0 aliphatic rings. The number of benzene rings is 1. The van der Waals surface area contributed by atoms with E-state index in [-0.39, 0.29) is 5.56 Å². The lowest BCUT2D eigenvalue weighted by Crippen LogP contribution is -2.09. The molecule has 0 fully saturated rings. The summed E-state index contributed by atoms with van der Waals surface area (Å²) in [4.78, 5) is 14.4. The lowest BCUT2D eigenvalue weighted by atomic mass is 10.3. The van der Waals surface area contributed by atoms with Gasteiger partial charge in [0.2, 0.25) is 0 Å². The van der Waals surface area contributed by atoms with Crippen LogP contribution in [0.3, 0.4) is 0 Å². The lowest BCUT2D eigenvalue weighted by molar-refractivity contribution is 1.19. The number of halogens is 1. The summed E-state index contributed by atoms with van der Waals surface area (Å²) in [6, 6.07) is 9.05. The molecule has 15 heavy (non-hydrogen) atoms. The van der Waals surface area contributed by atoms with Crippen molar-refractivity contribution < 1.29 is 0 Å². The Morgan fingerprint density at radius 1 is 1.20 bits per heavy atom. The largest absolute Gasteiger partial charge is 0.319 e. The minimum absolute atomic E-state index is 0.102. The summed E-state index contributed by atoms with van der Waals surface area (Å²) in [5.74, 6) is 0. The van der Waals surface area contributed by atoms with Crippen LogP contribution in [0.25, 0.3) is 16.6 Å². The first-order valence-electron chi connectivity index (χ1n) is 4.55. The number of hydrogen-bond donors (Lipinski definition) is 1. The van der Waals surface area contributed by atoms with Crippen LogP contribution in [-0.2, 0) is 0 Å². The standard InChI is InChI=1S/C11H7ClN2O/c12-7-3-1-4-8-10(7)14-6-2-5-9(14)11(15)13-8/h1-6H,(H,13,15). The van der Waals surface area contributed by atoms with Crippen LogP contribution in [0.2, 0.25) is 5.02 Å². The van der Waals surface area contributed by atoms with Gasteiger partial charge in [0.15, 0.2) is 0 Å². The van der Waals surface area contributed by atoms with E-state index in [9.17, 15) is 4.79 Å². The van der Waals surface area contributed by atoms with Crippen LogP contribution in [0.5, 0.6) is 0 Å². The van der Waals surface area contributed by atoms with E-state index in [0.29, 0.717) is 10.5 Å². The summed E-state index contributed by atoms with van der Waals surface area (Å²) < 4.78 is 1.80. The third-order valence-electron chi connectivity index (χ3n) is 2.46. The van der Waals surface area contributed by atoms with E-state index in [1.54, 1.807) is 10.5 Å². The van der Waals surface area contributed by atoms with Crippen LogP contribution in [0.1, 0.15) is 0 Å². The third-order valence-corrected chi connectivity index (χ3v) is 2.76. The normalized spacial score (nSPS) is 11.3. The Kier molecular flexibility index (Phi) is 1.64. The maximum absolute atomic E-state index is 11.6. The Labute approximate surface area is 89.9 Å². The molecule has 3 aromatic rings. The third kappa shape index (κ3) is 1.10. The highest BCUT2D eigenvalue weighted by Crippen LogP contribution is 2.21. The van der Waals surface area contributed by atoms with Crippen molar-refractivity contribution in [3.05, 3.63) is 51.9 Å². The van der Waals surface area contributed by atoms with Gasteiger partial charge in [0.05, 0.1) is 16.1 Å². The Hall–Kier alpha value is -1.74. The van der Waals surface area contributed by atoms with Crippen LogP contribution in [0.4, 0.5) is 0 Å². The van der Waals surface area contributed by atoms with Gasteiger partial charge in [0.1, 0.15) is 5.52 Å². The molecule has 1 aromatic carbocycles. The fourth-order valence-electron chi connectivity index (χ4n) is 1.81. The number of nitrogens with one attached hydrogen (secondary N) is 1. The molecule has 0 bridgehead atoms. The quantitative estimate of drug-likeness (QED) is 0.618. The number of rotatable bonds is 0. The van der Waals surface area contributed by atoms with Gasteiger partial charge in [-0.2, -0.15) is 0 Å². The fraction of sp³-hybridized carbons (Fsp3) is 0. The van der Waals surface area contributed by atoms with Crippen molar-refractivity contribution in [2.24, 2.45) is 0 Å². The highest BCUT2D eigenvalue weighted by atomic mass is 35.5. The van der Waals surface area contributed by atoms with E-state index < -0.39 is 0 Å². The molecule has 2 aromatic heterocycles. The number of H-pyrrole nitrogens is 1. The van der Waals surface area contributed by atoms with Gasteiger partial charge in [-0.25, -0.2) is 0 Å². The van der Waals surface area contributed by atoms with Crippen LogP contribution < -0.4 is 5.56 Å². The van der Waals surface area contributed by atoms with E-state index in [4.69, 9.17) is 11.6 Å². The van der Waals surface area contributed by atoms with Crippen molar-refractivity contribution in [2.45, 2.75) is 0 Å². The second-order valence-electron chi connectivity index (χ2n) is 3.35. The van der Waals surface area contributed by atoms with Gasteiger partial charge in [-0.05, 0) is 24.3 Å². The average molecular weight is 219 g/mol. The van der Waals surface area contributed by atoms with Gasteiger partial charge in [-0.1, -0.05) is 17.7 Å². The topological polar surface area (TPSA) is 37.3 Å². The molecular formula is C11H7ClN2O. The Balaban J connectivity index is 2.74. The Bertz CT molecular complexity index is 711. The molecule has 74 valence electrons. The van der Waals surface area contributed by atoms with Crippen LogP contribution in [-0.4, -0.2) is 9.38 Å². The number of para-hydroxylation sites is 1. The van der Waals surface area contributed by atoms with Crippen molar-refractivity contribution in [2.75, 3.05) is 0 Å². The predicted octanol–water partition coefficient (Wildman–Crippen LogP) is 2.43. The van der Waals surface area contributed by atoms with Gasteiger partial charge in [0, 0.05) is 6.20 Å². The molecule has 0 unspecified atom stereocenters. The summed E-state index contributed by atoms with van der Waals surface area (Å²) in [6.45, 7) is 0. The highest BCUT2D eigenvalue weighted by molar-refractivity contribution is 6.35. The molecule has 0 saturated carbocycles. The molecule has 4 heteroatoms. The van der Waals surface area contributed by atoms with Crippen molar-refractivity contribution in [3.8, 4) is 0 Å². The van der Waals surface area contributed by atoms with Gasteiger partial charge in [-0.3, -0.25) is 4.79 Å². The predicted molar refractivity (Wildman–Crippen MR) is 60.5 cm³/mol. The Morgan fingerprint density at radius 2 is 2.07 bits per heavy atom. The second kappa shape index (κ2) is 2.87. The molecule has 0 aliphatic heterocycles. The second-order valence-corrected chi connectivity index (χ2v) is 3.76. The van der Waals surface area contributed by atoms with Gasteiger partial charge >= 0.3 is 0 Å². The highest BCUT2D eigenvalue weighted by Gasteiger charge is 2.06. The summed E-state index contributed by atoms with van der Waals surface area (Å²) in [5, 5.41) is 0.630. The van der Waals surface area contributed by atoms with Crippen LogP contribution in [0.15, 0.2) is 41.3 Å². The minimum Gasteiger partial charge on any atom is -0.319 e. The van der Waals surface area contributed by atoms with E-state index >= 15 is 0 Å². The zero-order chi connectivity index (χ0) is 10.4. The van der Waals surface area contributed by atoms with E-state index in [2.05, 4.69) is 4.98 Å². The van der Waals surface area contributed by atoms with Crippen molar-refractivity contribution in [3.63, 3.8) is 0 Å². The first kappa shape index (κ1) is 8.56.